The Morgan fingerprint density at radius 3 is 2.50 bits per heavy atom. The number of hydrogen-bond donors (Lipinski definition) is 2. The fourth-order valence-corrected chi connectivity index (χ4v) is 3.40. The van der Waals surface area contributed by atoms with E-state index in [1.807, 2.05) is 24.3 Å². The summed E-state index contributed by atoms with van der Waals surface area (Å²) < 4.78 is 5.47. The van der Waals surface area contributed by atoms with Gasteiger partial charge < -0.3 is 4.52 Å². The third-order valence-corrected chi connectivity index (χ3v) is 5.09. The summed E-state index contributed by atoms with van der Waals surface area (Å²) >= 11 is 6.22. The van der Waals surface area contributed by atoms with Gasteiger partial charge in [0.15, 0.2) is 0 Å². The zero-order chi connectivity index (χ0) is 18.1. The quantitative estimate of drug-likeness (QED) is 0.693. The fourth-order valence-electron chi connectivity index (χ4n) is 3.18. The Balaban J connectivity index is 1.48. The highest BCUT2D eigenvalue weighted by Crippen LogP contribution is 2.32. The van der Waals surface area contributed by atoms with Gasteiger partial charge in [-0.1, -0.05) is 67.0 Å². The average molecular weight is 369 g/mol. The van der Waals surface area contributed by atoms with E-state index in [9.17, 15) is 0 Å². The van der Waals surface area contributed by atoms with Gasteiger partial charge in [-0.05, 0) is 35.6 Å². The minimum atomic E-state index is -0.0338. The van der Waals surface area contributed by atoms with Crippen LogP contribution in [0.15, 0.2) is 53.1 Å². The van der Waals surface area contributed by atoms with Gasteiger partial charge in [0.25, 0.3) is 0 Å². The highest BCUT2D eigenvalue weighted by atomic mass is 35.5. The first kappa shape index (κ1) is 17.2. The molecule has 0 radical (unpaired) electrons. The van der Waals surface area contributed by atoms with Gasteiger partial charge >= 0.3 is 0 Å². The van der Waals surface area contributed by atoms with Crippen LogP contribution in [0.4, 0.5) is 0 Å². The topological polar surface area (TPSA) is 63.0 Å². The average Bonchev–Trinajstić information content (AvgIpc) is 3.32. The zero-order valence-electron chi connectivity index (χ0n) is 14.7. The van der Waals surface area contributed by atoms with Crippen LogP contribution in [-0.4, -0.2) is 10.1 Å². The molecule has 1 fully saturated rings. The van der Waals surface area contributed by atoms with Crippen molar-refractivity contribution in [2.45, 2.75) is 38.3 Å². The van der Waals surface area contributed by atoms with E-state index in [0.29, 0.717) is 22.7 Å². The SMILES string of the molecule is CC(C)c1ccc(C2CC(c3nc(-c4ccccc4Cl)no3)NN2)cc1. The first-order valence-corrected chi connectivity index (χ1v) is 9.19. The van der Waals surface area contributed by atoms with Crippen molar-refractivity contribution in [3.63, 3.8) is 0 Å². The lowest BCUT2D eigenvalue weighted by Crippen LogP contribution is -2.26. The van der Waals surface area contributed by atoms with E-state index in [4.69, 9.17) is 16.1 Å². The van der Waals surface area contributed by atoms with Crippen LogP contribution in [0, 0.1) is 0 Å². The predicted octanol–water partition coefficient (Wildman–Crippen LogP) is 4.79. The smallest absolute Gasteiger partial charge is 0.245 e. The summed E-state index contributed by atoms with van der Waals surface area (Å²) in [6, 6.07) is 16.4. The van der Waals surface area contributed by atoms with Gasteiger partial charge in [-0.2, -0.15) is 4.98 Å². The Hall–Kier alpha value is -2.21. The third-order valence-electron chi connectivity index (χ3n) is 4.76. The summed E-state index contributed by atoms with van der Waals surface area (Å²) in [7, 11) is 0. The Morgan fingerprint density at radius 2 is 1.77 bits per heavy atom. The Morgan fingerprint density at radius 1 is 1.04 bits per heavy atom. The molecule has 4 rings (SSSR count). The molecule has 0 bridgehead atoms. The molecule has 2 N–H and O–H groups in total. The summed E-state index contributed by atoms with van der Waals surface area (Å²) in [5, 5.41) is 4.69. The summed E-state index contributed by atoms with van der Waals surface area (Å²) in [4.78, 5) is 4.52. The molecule has 2 atom stereocenters. The van der Waals surface area contributed by atoms with Crippen molar-refractivity contribution in [2.24, 2.45) is 0 Å². The van der Waals surface area contributed by atoms with Gasteiger partial charge in [-0.25, -0.2) is 10.9 Å². The van der Waals surface area contributed by atoms with Gasteiger partial charge in [0.2, 0.25) is 11.7 Å². The highest BCUT2D eigenvalue weighted by molar-refractivity contribution is 6.33. The molecular formula is C20H21ClN4O. The molecule has 0 saturated carbocycles. The highest BCUT2D eigenvalue weighted by Gasteiger charge is 2.30. The van der Waals surface area contributed by atoms with Crippen molar-refractivity contribution < 1.29 is 4.52 Å². The molecule has 0 aliphatic carbocycles. The number of hydrazine groups is 1. The molecule has 134 valence electrons. The lowest BCUT2D eigenvalue weighted by Gasteiger charge is -2.11. The first-order chi connectivity index (χ1) is 12.6. The van der Waals surface area contributed by atoms with E-state index < -0.39 is 0 Å². The van der Waals surface area contributed by atoms with Crippen LogP contribution >= 0.6 is 11.6 Å². The molecule has 5 nitrogen and oxygen atoms in total. The number of aromatic nitrogens is 2. The maximum absolute atomic E-state index is 6.22. The van der Waals surface area contributed by atoms with Crippen molar-refractivity contribution in [3.8, 4) is 11.4 Å². The number of nitrogens with zero attached hydrogens (tertiary/aromatic N) is 2. The number of rotatable bonds is 4. The number of nitrogens with one attached hydrogen (secondary N) is 2. The molecule has 1 aromatic heterocycles. The van der Waals surface area contributed by atoms with E-state index in [1.165, 1.54) is 11.1 Å². The van der Waals surface area contributed by atoms with Crippen molar-refractivity contribution >= 4 is 11.6 Å². The van der Waals surface area contributed by atoms with Gasteiger partial charge in [0.1, 0.15) is 6.04 Å². The van der Waals surface area contributed by atoms with Crippen LogP contribution in [-0.2, 0) is 0 Å². The molecule has 6 heteroatoms. The van der Waals surface area contributed by atoms with E-state index in [-0.39, 0.29) is 12.1 Å². The van der Waals surface area contributed by atoms with Crippen LogP contribution in [0.5, 0.6) is 0 Å². The molecule has 0 spiro atoms. The molecule has 26 heavy (non-hydrogen) atoms. The molecule has 0 amide bonds. The van der Waals surface area contributed by atoms with Gasteiger partial charge in [0, 0.05) is 11.6 Å². The summed E-state index contributed by atoms with van der Waals surface area (Å²) in [6.07, 6.45) is 0.838. The van der Waals surface area contributed by atoms with Crippen LogP contribution in [0.2, 0.25) is 5.02 Å². The fraction of sp³-hybridized carbons (Fsp3) is 0.300. The normalized spacial score (nSPS) is 20.0. The molecule has 1 saturated heterocycles. The Kier molecular flexibility index (Phi) is 4.76. The molecule has 2 aromatic carbocycles. The maximum Gasteiger partial charge on any atom is 0.245 e. The van der Waals surface area contributed by atoms with Gasteiger partial charge in [0.05, 0.1) is 5.02 Å². The molecule has 3 aromatic rings. The summed E-state index contributed by atoms with van der Waals surface area (Å²) in [5.74, 6) is 1.61. The minimum Gasteiger partial charge on any atom is -0.337 e. The van der Waals surface area contributed by atoms with E-state index in [2.05, 4.69) is 59.1 Å². The molecule has 1 aliphatic rings. The zero-order valence-corrected chi connectivity index (χ0v) is 15.5. The van der Waals surface area contributed by atoms with E-state index in [1.54, 1.807) is 0 Å². The van der Waals surface area contributed by atoms with Crippen molar-refractivity contribution in [2.75, 3.05) is 0 Å². The van der Waals surface area contributed by atoms with E-state index >= 15 is 0 Å². The largest absolute Gasteiger partial charge is 0.337 e. The summed E-state index contributed by atoms with van der Waals surface area (Å²) in [5.41, 5.74) is 9.95. The van der Waals surface area contributed by atoms with Crippen molar-refractivity contribution in [1.82, 2.24) is 21.0 Å². The first-order valence-electron chi connectivity index (χ1n) is 8.81. The van der Waals surface area contributed by atoms with Crippen LogP contribution in [0.1, 0.15) is 55.3 Å². The second-order valence-corrected chi connectivity index (χ2v) is 7.29. The lowest BCUT2D eigenvalue weighted by molar-refractivity contribution is 0.340. The van der Waals surface area contributed by atoms with Gasteiger partial charge in [-0.15, -0.1) is 0 Å². The summed E-state index contributed by atoms with van der Waals surface area (Å²) in [6.45, 7) is 4.40. The van der Waals surface area contributed by atoms with Crippen LogP contribution < -0.4 is 10.9 Å². The lowest BCUT2D eigenvalue weighted by atomic mass is 9.97. The maximum atomic E-state index is 6.22. The van der Waals surface area contributed by atoms with E-state index in [0.717, 1.165) is 12.0 Å². The van der Waals surface area contributed by atoms with Crippen molar-refractivity contribution in [1.29, 1.82) is 0 Å². The second-order valence-electron chi connectivity index (χ2n) is 6.89. The minimum absolute atomic E-state index is 0.0338. The third kappa shape index (κ3) is 3.38. The number of hydrogen-bond acceptors (Lipinski definition) is 5. The second kappa shape index (κ2) is 7.19. The number of benzene rings is 2. The molecule has 2 heterocycles. The van der Waals surface area contributed by atoms with Crippen LogP contribution in [0.25, 0.3) is 11.4 Å². The van der Waals surface area contributed by atoms with Gasteiger partial charge in [-0.3, -0.25) is 0 Å². The predicted molar refractivity (Wildman–Crippen MR) is 102 cm³/mol. The standard InChI is InChI=1S/C20H21ClN4O/c1-12(2)13-7-9-14(10-8-13)17-11-18(24-23-17)20-22-19(25-26-20)15-5-3-4-6-16(15)21/h3-10,12,17-18,23-24H,11H2,1-2H3. The monoisotopic (exact) mass is 368 g/mol. The molecular weight excluding hydrogens is 348 g/mol. The van der Waals surface area contributed by atoms with Crippen molar-refractivity contribution in [3.05, 3.63) is 70.6 Å². The Bertz CT molecular complexity index is 891. The molecule has 1 aliphatic heterocycles. The molecule has 2 unspecified atom stereocenters. The van der Waals surface area contributed by atoms with Crippen LogP contribution in [0.3, 0.4) is 0 Å². The number of halogens is 1. The Labute approximate surface area is 157 Å².